The van der Waals surface area contributed by atoms with E-state index in [1.165, 1.54) is 18.3 Å². The number of pyridine rings is 1. The molecule has 0 aliphatic carbocycles. The summed E-state index contributed by atoms with van der Waals surface area (Å²) in [5.74, 6) is -0.355. The SMILES string of the molecule is CCOC(=O)[C@]1(Cc2cc(-c3ccc(F)cc3)no2)CCCN(C(=O)c2cccnc2)C1. The van der Waals surface area contributed by atoms with Gasteiger partial charge in [-0.25, -0.2) is 4.39 Å². The molecule has 7 nitrogen and oxygen atoms in total. The second-order valence-corrected chi connectivity index (χ2v) is 7.93. The first-order chi connectivity index (χ1) is 15.5. The van der Waals surface area contributed by atoms with Crippen molar-refractivity contribution in [2.75, 3.05) is 19.7 Å². The molecule has 1 fully saturated rings. The van der Waals surface area contributed by atoms with Gasteiger partial charge in [0.25, 0.3) is 5.91 Å². The van der Waals surface area contributed by atoms with Crippen LogP contribution in [0.25, 0.3) is 11.3 Å². The molecule has 32 heavy (non-hydrogen) atoms. The molecule has 0 N–H and O–H groups in total. The number of aromatic nitrogens is 2. The Kier molecular flexibility index (Phi) is 6.30. The molecule has 0 unspecified atom stereocenters. The van der Waals surface area contributed by atoms with E-state index >= 15 is 0 Å². The van der Waals surface area contributed by atoms with Crippen molar-refractivity contribution in [1.82, 2.24) is 15.0 Å². The van der Waals surface area contributed by atoms with Gasteiger partial charge in [0.15, 0.2) is 0 Å². The number of carbonyl (C=O) groups excluding carboxylic acids is 2. The van der Waals surface area contributed by atoms with Gasteiger partial charge >= 0.3 is 5.97 Å². The highest BCUT2D eigenvalue weighted by Gasteiger charge is 2.46. The number of ether oxygens (including phenoxy) is 1. The maximum Gasteiger partial charge on any atom is 0.314 e. The van der Waals surface area contributed by atoms with Crippen LogP contribution < -0.4 is 0 Å². The standard InChI is InChI=1S/C24H24FN3O4/c1-2-31-23(30)24(10-4-12-28(16-24)22(29)18-5-3-11-26-15-18)14-20-13-21(27-32-20)17-6-8-19(25)9-7-17/h3,5-9,11,13,15H,2,4,10,12,14,16H2,1H3/t24-/m0/s1. The summed E-state index contributed by atoms with van der Waals surface area (Å²) in [6.07, 6.45) is 4.60. The van der Waals surface area contributed by atoms with Crippen molar-refractivity contribution in [2.24, 2.45) is 5.41 Å². The molecule has 3 aromatic rings. The van der Waals surface area contributed by atoms with E-state index in [0.717, 1.165) is 0 Å². The molecule has 0 bridgehead atoms. The Bertz CT molecular complexity index is 1080. The van der Waals surface area contributed by atoms with E-state index in [2.05, 4.69) is 10.1 Å². The molecule has 0 spiro atoms. The summed E-state index contributed by atoms with van der Waals surface area (Å²) in [6, 6.07) is 11.1. The monoisotopic (exact) mass is 437 g/mol. The van der Waals surface area contributed by atoms with Crippen molar-refractivity contribution in [3.63, 3.8) is 0 Å². The minimum Gasteiger partial charge on any atom is -0.466 e. The summed E-state index contributed by atoms with van der Waals surface area (Å²) in [4.78, 5) is 31.8. The highest BCUT2D eigenvalue weighted by Crippen LogP contribution is 2.36. The number of nitrogens with zero attached hydrogens (tertiary/aromatic N) is 3. The van der Waals surface area contributed by atoms with Gasteiger partial charge in [-0.05, 0) is 56.2 Å². The average molecular weight is 437 g/mol. The van der Waals surface area contributed by atoms with Crippen molar-refractivity contribution >= 4 is 11.9 Å². The van der Waals surface area contributed by atoms with E-state index in [1.807, 2.05) is 0 Å². The molecule has 4 rings (SSSR count). The molecule has 1 atom stereocenters. The quantitative estimate of drug-likeness (QED) is 0.544. The topological polar surface area (TPSA) is 85.5 Å². The van der Waals surface area contributed by atoms with Gasteiger partial charge in [-0.1, -0.05) is 5.16 Å². The summed E-state index contributed by atoms with van der Waals surface area (Å²) in [6.45, 7) is 2.76. The lowest BCUT2D eigenvalue weighted by atomic mass is 9.76. The molecule has 0 radical (unpaired) electrons. The number of hydrogen-bond donors (Lipinski definition) is 0. The molecule has 1 aromatic carbocycles. The Morgan fingerprint density at radius 3 is 2.78 bits per heavy atom. The number of amides is 1. The fraction of sp³-hybridized carbons (Fsp3) is 0.333. The van der Waals surface area contributed by atoms with Crippen molar-refractivity contribution in [2.45, 2.75) is 26.2 Å². The summed E-state index contributed by atoms with van der Waals surface area (Å²) < 4.78 is 24.1. The van der Waals surface area contributed by atoms with Crippen LogP contribution in [0.4, 0.5) is 4.39 Å². The summed E-state index contributed by atoms with van der Waals surface area (Å²) in [5, 5.41) is 4.08. The predicted molar refractivity (Wildman–Crippen MR) is 114 cm³/mol. The van der Waals surface area contributed by atoms with Crippen LogP contribution >= 0.6 is 0 Å². The first-order valence-electron chi connectivity index (χ1n) is 10.6. The molecular weight excluding hydrogens is 413 g/mol. The van der Waals surface area contributed by atoms with E-state index in [4.69, 9.17) is 9.26 Å². The fourth-order valence-corrected chi connectivity index (χ4v) is 4.13. The van der Waals surface area contributed by atoms with E-state index in [9.17, 15) is 14.0 Å². The van der Waals surface area contributed by atoms with E-state index in [-0.39, 0.29) is 37.3 Å². The Morgan fingerprint density at radius 1 is 1.25 bits per heavy atom. The summed E-state index contributed by atoms with van der Waals surface area (Å²) >= 11 is 0. The zero-order valence-electron chi connectivity index (χ0n) is 17.8. The van der Waals surface area contributed by atoms with Crippen LogP contribution in [0.1, 0.15) is 35.9 Å². The molecular formula is C24H24FN3O4. The summed E-state index contributed by atoms with van der Waals surface area (Å²) in [7, 11) is 0. The number of hydrogen-bond acceptors (Lipinski definition) is 6. The molecule has 1 saturated heterocycles. The summed E-state index contributed by atoms with van der Waals surface area (Å²) in [5.41, 5.74) is 0.804. The van der Waals surface area contributed by atoms with Gasteiger partial charge in [0.1, 0.15) is 17.3 Å². The Labute approximate surface area is 185 Å². The zero-order valence-corrected chi connectivity index (χ0v) is 17.8. The van der Waals surface area contributed by atoms with Crippen LogP contribution in [0.5, 0.6) is 0 Å². The van der Waals surface area contributed by atoms with Crippen molar-refractivity contribution < 1.29 is 23.2 Å². The third-order valence-corrected chi connectivity index (χ3v) is 5.69. The number of benzene rings is 1. The van der Waals surface area contributed by atoms with E-state index in [1.54, 1.807) is 48.4 Å². The van der Waals surface area contributed by atoms with Gasteiger partial charge < -0.3 is 14.2 Å². The second-order valence-electron chi connectivity index (χ2n) is 7.93. The Balaban J connectivity index is 1.59. The smallest absolute Gasteiger partial charge is 0.314 e. The molecule has 166 valence electrons. The molecule has 2 aromatic heterocycles. The highest BCUT2D eigenvalue weighted by molar-refractivity contribution is 5.94. The normalized spacial score (nSPS) is 18.4. The minimum absolute atomic E-state index is 0.170. The average Bonchev–Trinajstić information content (AvgIpc) is 3.28. The second kappa shape index (κ2) is 9.30. The number of carbonyl (C=O) groups is 2. The van der Waals surface area contributed by atoms with Crippen LogP contribution in [0, 0.1) is 11.2 Å². The molecule has 1 aliphatic heterocycles. The zero-order chi connectivity index (χ0) is 22.6. The molecule has 1 aliphatic rings. The van der Waals surface area contributed by atoms with Crippen LogP contribution in [-0.2, 0) is 16.0 Å². The van der Waals surface area contributed by atoms with Crippen LogP contribution in [0.3, 0.4) is 0 Å². The lowest BCUT2D eigenvalue weighted by molar-refractivity contribution is -0.158. The van der Waals surface area contributed by atoms with Gasteiger partial charge in [0, 0.05) is 43.5 Å². The third-order valence-electron chi connectivity index (χ3n) is 5.69. The van der Waals surface area contributed by atoms with E-state index in [0.29, 0.717) is 42.0 Å². The number of halogens is 1. The number of rotatable bonds is 6. The maximum absolute atomic E-state index is 13.2. The number of piperidine rings is 1. The van der Waals surface area contributed by atoms with Crippen molar-refractivity contribution in [1.29, 1.82) is 0 Å². The lowest BCUT2D eigenvalue weighted by Gasteiger charge is -2.40. The Hall–Kier alpha value is -3.55. The van der Waals surface area contributed by atoms with Crippen LogP contribution in [0.2, 0.25) is 0 Å². The van der Waals surface area contributed by atoms with Gasteiger partial charge in [0.2, 0.25) is 0 Å². The first-order valence-corrected chi connectivity index (χ1v) is 10.6. The van der Waals surface area contributed by atoms with Crippen LogP contribution in [0.15, 0.2) is 59.4 Å². The van der Waals surface area contributed by atoms with Gasteiger partial charge in [0.05, 0.1) is 17.6 Å². The molecule has 0 saturated carbocycles. The minimum atomic E-state index is -0.939. The van der Waals surface area contributed by atoms with Gasteiger partial charge in [-0.3, -0.25) is 14.6 Å². The van der Waals surface area contributed by atoms with E-state index < -0.39 is 5.41 Å². The molecule has 8 heteroatoms. The number of likely N-dealkylation sites (tertiary alicyclic amines) is 1. The lowest BCUT2D eigenvalue weighted by Crippen LogP contribution is -2.51. The van der Waals surface area contributed by atoms with Gasteiger partial charge in [-0.15, -0.1) is 0 Å². The highest BCUT2D eigenvalue weighted by atomic mass is 19.1. The maximum atomic E-state index is 13.2. The van der Waals surface area contributed by atoms with Gasteiger partial charge in [-0.2, -0.15) is 0 Å². The number of esters is 1. The third kappa shape index (κ3) is 4.54. The predicted octanol–water partition coefficient (Wildman–Crippen LogP) is 3.90. The molecule has 3 heterocycles. The Morgan fingerprint density at radius 2 is 2.06 bits per heavy atom. The van der Waals surface area contributed by atoms with Crippen molar-refractivity contribution in [3.8, 4) is 11.3 Å². The fourth-order valence-electron chi connectivity index (χ4n) is 4.13. The largest absolute Gasteiger partial charge is 0.466 e. The van der Waals surface area contributed by atoms with Crippen molar-refractivity contribution in [3.05, 3.63) is 72.0 Å². The first kappa shape index (κ1) is 21.7. The van der Waals surface area contributed by atoms with Crippen LogP contribution in [-0.4, -0.2) is 46.6 Å². The molecule has 1 amide bonds.